The van der Waals surface area contributed by atoms with Crippen LogP contribution in [0.3, 0.4) is 0 Å². The highest BCUT2D eigenvalue weighted by molar-refractivity contribution is 7.98. The van der Waals surface area contributed by atoms with Gasteiger partial charge in [0.2, 0.25) is 26.9 Å². The van der Waals surface area contributed by atoms with E-state index in [1.165, 1.54) is 57.6 Å². The summed E-state index contributed by atoms with van der Waals surface area (Å²) in [5.74, 6) is 0.757. The largest absolute Gasteiger partial charge is 0.495 e. The number of aryl methyl sites for hydroxylation is 2. The van der Waals surface area contributed by atoms with Gasteiger partial charge in [-0.2, -0.15) is 36.3 Å². The van der Waals surface area contributed by atoms with Crippen molar-refractivity contribution < 1.29 is 92.7 Å². The van der Waals surface area contributed by atoms with E-state index in [2.05, 4.69) is 76.4 Å². The normalized spacial score (nSPS) is 19.3. The number of alkyl halides is 6. The van der Waals surface area contributed by atoms with Gasteiger partial charge in [0.15, 0.2) is 10.3 Å². The van der Waals surface area contributed by atoms with Gasteiger partial charge in [-0.1, -0.05) is 99.2 Å². The first-order chi connectivity index (χ1) is 67.2. The third-order valence-corrected chi connectivity index (χ3v) is 24.5. The monoisotopic (exact) mass is 2210 g/mol. The van der Waals surface area contributed by atoms with Crippen molar-refractivity contribution >= 4 is 175 Å². The lowest BCUT2D eigenvalue weighted by Crippen LogP contribution is -2.41. The number of nitrogens with zero attached hydrogens (tertiary/aromatic N) is 12. The highest BCUT2D eigenvalue weighted by atomic mass is 35.5. The number of hydrogen-bond acceptors (Lipinski definition) is 34. The molecule has 8 atom stereocenters. The number of carbonyl (C=O) groups is 2. The summed E-state index contributed by atoms with van der Waals surface area (Å²) in [6.07, 6.45) is 1.90. The Labute approximate surface area is 883 Å². The minimum Gasteiger partial charge on any atom is -0.399 e. The lowest BCUT2D eigenvalue weighted by Gasteiger charge is -2.32. The number of rotatable bonds is 21. The van der Waals surface area contributed by atoms with Gasteiger partial charge in [-0.15, -0.1) is 12.4 Å². The van der Waals surface area contributed by atoms with E-state index >= 15 is 0 Å². The van der Waals surface area contributed by atoms with Crippen LogP contribution in [-0.4, -0.2) is 287 Å². The Morgan fingerprint density at radius 1 is 0.514 bits per heavy atom. The average Bonchev–Trinajstić information content (AvgIpc) is 1.62. The number of thioether (sulfide) groups is 2. The second-order valence-corrected chi connectivity index (χ2v) is 39.3. The molecule has 14 rings (SSSR count). The molecule has 814 valence electrons. The van der Waals surface area contributed by atoms with E-state index in [4.69, 9.17) is 125 Å². The number of hydrogen-bond donors (Lipinski definition) is 13. The molecule has 4 saturated heterocycles. The van der Waals surface area contributed by atoms with Gasteiger partial charge >= 0.3 is 31.5 Å². The SMILES string of the molecule is C1COCCN1.CCOCC.CCOCC.CCOCC.CCOCC.CS(=O)(=O)c1nc(N)cc(Cl)n1.CSc1nc(Cl)cc(Cl)n1.CSc1nc(N)cc(Cl)n1.Cc1ccc(NC(=O)N2CC[C@@H](CC(F)(F)F)C2)cc1-c1cc(N)nc(NC2CCC(O)C2)n1.Cc1ccc(NC(=O)N2CC[C@@H](CC(F)(F)F)C2)cc1B1OC(C)(C)C(C)(C)O1.Cl.NC1CCC(O)C1.Nc1cc(Cl)nc(NC2CCC(O)C2)n1. The van der Waals surface area contributed by atoms with Gasteiger partial charge in [0.25, 0.3) is 0 Å². The van der Waals surface area contributed by atoms with Gasteiger partial charge < -0.3 is 113 Å². The first kappa shape index (κ1) is 133. The molecule has 7 aromatic rings. The van der Waals surface area contributed by atoms with Crippen molar-refractivity contribution in [2.75, 3.05) is 168 Å². The molecule has 6 unspecified atom stereocenters. The molecule has 5 aromatic heterocycles. The summed E-state index contributed by atoms with van der Waals surface area (Å²) >= 11 is 30.8. The quantitative estimate of drug-likeness (QED) is 0.0104. The molecule has 4 amide bonds. The van der Waals surface area contributed by atoms with Crippen molar-refractivity contribution in [2.24, 2.45) is 17.6 Å². The predicted octanol–water partition coefficient (Wildman–Crippen LogP) is 17.4. The van der Waals surface area contributed by atoms with Gasteiger partial charge in [0.05, 0.1) is 48.4 Å². The van der Waals surface area contributed by atoms with Crippen LogP contribution in [0.5, 0.6) is 0 Å². The van der Waals surface area contributed by atoms with Gasteiger partial charge in [0.1, 0.15) is 49.0 Å². The van der Waals surface area contributed by atoms with Crippen molar-refractivity contribution in [3.05, 3.63) is 104 Å². The lowest BCUT2D eigenvalue weighted by atomic mass is 9.76. The van der Waals surface area contributed by atoms with Crippen LogP contribution in [0.4, 0.5) is 82.5 Å². The number of ether oxygens (including phenoxy) is 5. The van der Waals surface area contributed by atoms with Crippen LogP contribution in [0.15, 0.2) is 82.2 Å². The number of carbonyl (C=O) groups excluding carboxylic acids is 2. The molecule has 7 fully saturated rings. The Kier molecular flexibility index (Phi) is 63.8. The molecule has 7 aliphatic rings. The summed E-state index contributed by atoms with van der Waals surface area (Å²) in [4.78, 5) is 67.4. The van der Waals surface area contributed by atoms with E-state index in [0.717, 1.165) is 159 Å². The number of sulfone groups is 1. The Bertz CT molecular complexity index is 4800. The summed E-state index contributed by atoms with van der Waals surface area (Å²) < 4.78 is 134. The van der Waals surface area contributed by atoms with E-state index in [0.29, 0.717) is 104 Å². The smallest absolute Gasteiger partial charge is 0.399 e. The van der Waals surface area contributed by atoms with Crippen molar-refractivity contribution in [3.63, 3.8) is 0 Å². The van der Waals surface area contributed by atoms with Gasteiger partial charge in [-0.25, -0.2) is 57.9 Å². The highest BCUT2D eigenvalue weighted by Crippen LogP contribution is 2.39. The van der Waals surface area contributed by atoms with Gasteiger partial charge in [0, 0.05) is 177 Å². The van der Waals surface area contributed by atoms with Crippen LogP contribution in [0.2, 0.25) is 25.8 Å². The maximum absolute atomic E-state index is 12.7. The highest BCUT2D eigenvalue weighted by Gasteiger charge is 2.52. The van der Waals surface area contributed by atoms with Crippen LogP contribution in [0, 0.1) is 25.7 Å². The van der Waals surface area contributed by atoms with Crippen LogP contribution in [-0.2, 0) is 42.8 Å². The number of aliphatic hydroxyl groups excluding tert-OH is 3. The fourth-order valence-corrected chi connectivity index (χ4v) is 16.4. The molecule has 52 heteroatoms. The number of morpholine rings is 1. The summed E-state index contributed by atoms with van der Waals surface area (Å²) in [5, 5.41) is 45.3. The van der Waals surface area contributed by atoms with E-state index in [1.807, 2.05) is 122 Å². The Morgan fingerprint density at radius 2 is 0.889 bits per heavy atom. The predicted molar refractivity (Wildman–Crippen MR) is 567 cm³/mol. The Balaban J connectivity index is 0.000000570. The molecule has 2 aromatic carbocycles. The maximum Gasteiger partial charge on any atom is 0.495 e. The maximum atomic E-state index is 12.7. The molecule has 0 radical (unpaired) electrons. The van der Waals surface area contributed by atoms with Crippen molar-refractivity contribution in [1.29, 1.82) is 0 Å². The molecular formula is C92H147BCl6F6N22O14S3. The first-order valence-electron chi connectivity index (χ1n) is 47.0. The molecule has 3 saturated carbocycles. The minimum atomic E-state index is -4.23. The molecule has 18 N–H and O–H groups in total. The van der Waals surface area contributed by atoms with Crippen molar-refractivity contribution in [1.82, 2.24) is 65.0 Å². The molecule has 0 spiro atoms. The zero-order valence-electron chi connectivity index (χ0n) is 84.9. The second kappa shape index (κ2) is 69.2. The molecule has 4 aliphatic heterocycles. The number of amides is 4. The number of halogens is 12. The number of urea groups is 2. The molecular weight excluding hydrogens is 2070 g/mol. The average molecular weight is 2220 g/mol. The standard InChI is InChI=1S/C23H29F3N6O2.C20H28BF3N2O3.C9H13ClN4O.C5H4Cl2N2S.C5H6ClN3O2S.C5H6ClN3S.C5H11NO.C4H9NO.4C4H10O.ClH/c1-13-2-3-16(29-22(34)32-7-6-14(12-32)11-23(24,25)26)9-18(13)19-10-20(27)31-21(30-19)28-15-4-5-17(33)8-15;1-13-6-7-15(10-16(13)21-28-18(2,3)19(4,5)29-21)25-17(27)26-9-8-14(12-26)11-20(22,23)24;10-7-4-8(11)14-9(13-7)12-5-1-2-6(15)3-5;1-10-5-8-3(6)2-4(7)9-5;1-12(10,11)5-8-3(6)2-4(7)9-5;1-10-5-8-3(6)2-4(7)9-5;6-4-1-2-5(7)3-4;1-3-6-4-2-5-1;4*1-3-5-4-2;/h2-3,9-10,14-15,17,33H,4-8,11-12H2,1H3,(H,29,34)(H3,27,28,30,31);6-7,10,14H,8-9,11-12H2,1-5H3,(H,25,27);4-6,15H,1-3H2,(H3,11,12,13,14);2H,1H3;2H,1H3,(H2,7,8,9);2H,1H3,(H2,7,8,9);4-5,7H,1-3,6H2;5H,1-4H2;4*3-4H2,1-2H3;1H/t14-,15?,17?;14-;;;;;;;;;;;/m00.........../s1. The van der Waals surface area contributed by atoms with E-state index in [-0.39, 0.29) is 83.9 Å². The fraction of sp³-hybridized carbons (Fsp3) is 0.630. The first-order valence-corrected chi connectivity index (χ1v) is 53.2. The van der Waals surface area contributed by atoms with Crippen LogP contribution >= 0.6 is 93.9 Å². The van der Waals surface area contributed by atoms with Crippen molar-refractivity contribution in [2.45, 2.75) is 256 Å². The fourth-order valence-electron chi connectivity index (χ4n) is 13.9. The Hall–Kier alpha value is -7.27. The topological polar surface area (TPSA) is 519 Å². The number of aromatic nitrogens is 10. The van der Waals surface area contributed by atoms with E-state index in [9.17, 15) is 54.6 Å². The van der Waals surface area contributed by atoms with Crippen LogP contribution < -0.4 is 60.7 Å². The number of anilines is 8. The van der Waals surface area contributed by atoms with Gasteiger partial charge in [-0.05, 0) is 227 Å². The number of likely N-dealkylation sites (tertiary alicyclic amines) is 2. The Morgan fingerprint density at radius 3 is 1.23 bits per heavy atom. The second-order valence-electron chi connectivity index (χ2n) is 33.9. The number of benzene rings is 2. The summed E-state index contributed by atoms with van der Waals surface area (Å²) in [7, 11) is -3.99. The van der Waals surface area contributed by atoms with Crippen molar-refractivity contribution in [3.8, 4) is 11.3 Å². The van der Waals surface area contributed by atoms with Gasteiger partial charge in [-0.3, -0.25) is 0 Å². The molecule has 36 nitrogen and oxygen atoms in total. The van der Waals surface area contributed by atoms with E-state index < -0.39 is 77.3 Å². The molecule has 144 heavy (non-hydrogen) atoms. The molecule has 0 bridgehead atoms. The molecule has 9 heterocycles. The van der Waals surface area contributed by atoms with Crippen LogP contribution in [0.1, 0.15) is 178 Å². The third kappa shape index (κ3) is 55.3. The third-order valence-electron chi connectivity index (χ3n) is 21.6. The lowest BCUT2D eigenvalue weighted by molar-refractivity contribution is -0.144. The summed E-state index contributed by atoms with van der Waals surface area (Å²) in [6.45, 7) is 39.0. The van der Waals surface area contributed by atoms with E-state index in [1.54, 1.807) is 30.3 Å². The minimum absolute atomic E-state index is 0. The van der Waals surface area contributed by atoms with Crippen LogP contribution in [0.25, 0.3) is 11.3 Å². The number of nitrogens with one attached hydrogen (secondary N) is 5. The number of nitrogen functional groups attached to an aromatic ring is 4. The summed E-state index contributed by atoms with van der Waals surface area (Å²) in [6, 6.07) is 17.9. The number of nitrogens with two attached hydrogens (primary N) is 5. The zero-order chi connectivity index (χ0) is 107. The number of aliphatic hydroxyl groups is 3. The molecule has 3 aliphatic carbocycles. The zero-order valence-corrected chi connectivity index (χ0v) is 92.0. The summed E-state index contributed by atoms with van der Waals surface area (Å²) in [5.41, 5.74) is 31.8.